The Kier molecular flexibility index (Phi) is 6.99. The number of hydrogen-bond acceptors (Lipinski definition) is 3. The Balaban J connectivity index is 1.73. The van der Waals surface area contributed by atoms with Crippen molar-refractivity contribution >= 4 is 40.2 Å². The molecule has 2 amide bonds. The van der Waals surface area contributed by atoms with Crippen molar-refractivity contribution in [3.8, 4) is 0 Å². The van der Waals surface area contributed by atoms with Crippen molar-refractivity contribution in [1.29, 1.82) is 0 Å². The van der Waals surface area contributed by atoms with Gasteiger partial charge in [0.25, 0.3) is 5.91 Å². The van der Waals surface area contributed by atoms with Gasteiger partial charge in [0.15, 0.2) is 0 Å². The monoisotopic (exact) mass is 534 g/mol. The summed E-state index contributed by atoms with van der Waals surface area (Å²) in [6.45, 7) is 4.78. The molecule has 0 spiro atoms. The second-order valence-electron chi connectivity index (χ2n) is 8.89. The number of benzene rings is 1. The minimum absolute atomic E-state index is 0.0521. The first kappa shape index (κ1) is 22.3. The quantitative estimate of drug-likeness (QED) is 0.430. The van der Waals surface area contributed by atoms with Crippen LogP contribution in [0.25, 0.3) is 0 Å². The van der Waals surface area contributed by atoms with Crippen LogP contribution in [-0.2, 0) is 11.3 Å². The molecule has 2 atom stereocenters. The first-order chi connectivity index (χ1) is 15.0. The number of aryl methyl sites for hydroxylation is 3. The highest BCUT2D eigenvalue weighted by Gasteiger charge is 2.40. The summed E-state index contributed by atoms with van der Waals surface area (Å²) in [5.74, 6) is 1.21. The minimum atomic E-state index is -0.242. The Bertz CT molecular complexity index is 964. The van der Waals surface area contributed by atoms with Crippen molar-refractivity contribution in [2.24, 2.45) is 5.92 Å². The molecule has 7 heteroatoms. The molecular weight excluding hydrogens is 503 g/mol. The van der Waals surface area contributed by atoms with Crippen LogP contribution in [0.2, 0.25) is 0 Å². The van der Waals surface area contributed by atoms with Gasteiger partial charge in [-0.3, -0.25) is 9.59 Å². The molecule has 31 heavy (non-hydrogen) atoms. The molecule has 0 unspecified atom stereocenters. The standard InChI is InChI=1S/C24H31IN4O2/c1-15-7-6-10-18(13-15)24(31)26-19-14-20(30)27-23-21(16(2)28-29(23)12-11-25)22(19)17-8-4-3-5-9-17/h6-7,10,13,17,19,22H,3-5,8-9,11-12,14H2,1-2H3,(H,26,31)(H,27,30)/t19-,22-/m1/s1. The highest BCUT2D eigenvalue weighted by atomic mass is 127. The molecule has 2 aromatic rings. The van der Waals surface area contributed by atoms with Gasteiger partial charge in [0.2, 0.25) is 5.91 Å². The molecular formula is C24H31IN4O2. The maximum Gasteiger partial charge on any atom is 0.251 e. The van der Waals surface area contributed by atoms with Gasteiger partial charge in [-0.2, -0.15) is 5.10 Å². The molecule has 2 aliphatic rings. The van der Waals surface area contributed by atoms with E-state index in [1.165, 1.54) is 19.3 Å². The Labute approximate surface area is 197 Å². The number of fused-ring (bicyclic) bond motifs is 1. The summed E-state index contributed by atoms with van der Waals surface area (Å²) in [7, 11) is 0. The molecule has 166 valence electrons. The van der Waals surface area contributed by atoms with Crippen LogP contribution < -0.4 is 10.6 Å². The van der Waals surface area contributed by atoms with Crippen LogP contribution in [0.1, 0.15) is 71.6 Å². The van der Waals surface area contributed by atoms with Gasteiger partial charge >= 0.3 is 0 Å². The van der Waals surface area contributed by atoms with Crippen LogP contribution in [0.5, 0.6) is 0 Å². The maximum atomic E-state index is 13.2. The van der Waals surface area contributed by atoms with Gasteiger partial charge in [-0.15, -0.1) is 0 Å². The van der Waals surface area contributed by atoms with Crippen molar-refractivity contribution in [3.05, 3.63) is 46.6 Å². The average molecular weight is 534 g/mol. The molecule has 1 aromatic carbocycles. The van der Waals surface area contributed by atoms with E-state index in [0.29, 0.717) is 11.5 Å². The number of alkyl halides is 1. The molecule has 1 fully saturated rings. The number of anilines is 1. The third-order valence-corrected chi connectivity index (χ3v) is 7.14. The summed E-state index contributed by atoms with van der Waals surface area (Å²) in [6.07, 6.45) is 6.23. The Morgan fingerprint density at radius 2 is 2.03 bits per heavy atom. The van der Waals surface area contributed by atoms with Gasteiger partial charge in [0, 0.05) is 33.9 Å². The summed E-state index contributed by atoms with van der Waals surface area (Å²) >= 11 is 2.34. The number of halogens is 1. The highest BCUT2D eigenvalue weighted by Crippen LogP contribution is 2.44. The summed E-state index contributed by atoms with van der Waals surface area (Å²) in [4.78, 5) is 26.1. The molecule has 1 aromatic heterocycles. The fourth-order valence-electron chi connectivity index (χ4n) is 5.32. The van der Waals surface area contributed by atoms with Gasteiger partial charge in [-0.05, 0) is 44.7 Å². The van der Waals surface area contributed by atoms with Gasteiger partial charge in [-0.1, -0.05) is 59.5 Å². The predicted octanol–water partition coefficient (Wildman–Crippen LogP) is 4.74. The highest BCUT2D eigenvalue weighted by molar-refractivity contribution is 14.1. The van der Waals surface area contributed by atoms with Crippen molar-refractivity contribution in [2.75, 3.05) is 9.74 Å². The lowest BCUT2D eigenvalue weighted by molar-refractivity contribution is -0.116. The topological polar surface area (TPSA) is 76.0 Å². The van der Waals surface area contributed by atoms with Gasteiger partial charge < -0.3 is 10.6 Å². The molecule has 1 aliphatic carbocycles. The number of carbonyl (C=O) groups is 2. The van der Waals surface area contributed by atoms with E-state index in [1.54, 1.807) is 0 Å². The molecule has 2 heterocycles. The second kappa shape index (κ2) is 9.71. The SMILES string of the molecule is Cc1cccc(C(=O)N[C@@H]2CC(=O)Nc3c(c(C)nn3CCI)[C@@H]2C2CCCCC2)c1. The van der Waals surface area contributed by atoms with Crippen LogP contribution in [0.4, 0.5) is 5.82 Å². The van der Waals surface area contributed by atoms with Crippen LogP contribution in [0, 0.1) is 19.8 Å². The molecule has 1 saturated carbocycles. The number of nitrogens with one attached hydrogen (secondary N) is 2. The van der Waals surface area contributed by atoms with E-state index in [0.717, 1.165) is 46.5 Å². The Hall–Kier alpha value is -1.90. The number of aromatic nitrogens is 2. The lowest BCUT2D eigenvalue weighted by Gasteiger charge is -2.35. The zero-order valence-electron chi connectivity index (χ0n) is 18.3. The smallest absolute Gasteiger partial charge is 0.251 e. The van der Waals surface area contributed by atoms with E-state index >= 15 is 0 Å². The van der Waals surface area contributed by atoms with E-state index in [-0.39, 0.29) is 30.2 Å². The van der Waals surface area contributed by atoms with Crippen molar-refractivity contribution < 1.29 is 9.59 Å². The third-order valence-electron chi connectivity index (χ3n) is 6.65. The largest absolute Gasteiger partial charge is 0.348 e. The van der Waals surface area contributed by atoms with Crippen molar-refractivity contribution in [3.63, 3.8) is 0 Å². The Morgan fingerprint density at radius 3 is 2.74 bits per heavy atom. The fraction of sp³-hybridized carbons (Fsp3) is 0.542. The minimum Gasteiger partial charge on any atom is -0.348 e. The maximum absolute atomic E-state index is 13.2. The number of amides is 2. The molecule has 6 nitrogen and oxygen atoms in total. The zero-order chi connectivity index (χ0) is 22.0. The van der Waals surface area contributed by atoms with Gasteiger partial charge in [0.1, 0.15) is 5.82 Å². The predicted molar refractivity (Wildman–Crippen MR) is 131 cm³/mol. The van der Waals surface area contributed by atoms with E-state index in [1.807, 2.05) is 42.8 Å². The molecule has 2 N–H and O–H groups in total. The van der Waals surface area contributed by atoms with Crippen LogP contribution in [0.3, 0.4) is 0 Å². The number of nitrogens with zero attached hydrogens (tertiary/aromatic N) is 2. The summed E-state index contributed by atoms with van der Waals surface area (Å²) in [5, 5.41) is 11.1. The molecule has 0 saturated heterocycles. The van der Waals surface area contributed by atoms with Gasteiger partial charge in [-0.25, -0.2) is 4.68 Å². The van der Waals surface area contributed by atoms with Crippen LogP contribution >= 0.6 is 22.6 Å². The average Bonchev–Trinajstić information content (AvgIpc) is 2.95. The van der Waals surface area contributed by atoms with E-state index in [2.05, 4.69) is 33.2 Å². The van der Waals surface area contributed by atoms with Gasteiger partial charge in [0.05, 0.1) is 12.2 Å². The van der Waals surface area contributed by atoms with E-state index < -0.39 is 0 Å². The summed E-state index contributed by atoms with van der Waals surface area (Å²) in [6, 6.07) is 7.38. The van der Waals surface area contributed by atoms with Crippen molar-refractivity contribution in [2.45, 2.75) is 70.9 Å². The zero-order valence-corrected chi connectivity index (χ0v) is 20.4. The fourth-order valence-corrected chi connectivity index (χ4v) is 5.77. The van der Waals surface area contributed by atoms with Crippen LogP contribution in [-0.4, -0.2) is 32.1 Å². The normalized spacial score (nSPS) is 21.8. The number of carbonyl (C=O) groups excluding carboxylic acids is 2. The second-order valence-corrected chi connectivity index (χ2v) is 9.96. The number of hydrogen-bond donors (Lipinski definition) is 2. The molecule has 0 bridgehead atoms. The first-order valence-electron chi connectivity index (χ1n) is 11.3. The molecule has 1 aliphatic heterocycles. The first-order valence-corrected chi connectivity index (χ1v) is 12.8. The number of rotatable bonds is 5. The van der Waals surface area contributed by atoms with Crippen LogP contribution in [0.15, 0.2) is 24.3 Å². The van der Waals surface area contributed by atoms with Crippen molar-refractivity contribution in [1.82, 2.24) is 15.1 Å². The van der Waals surface area contributed by atoms with E-state index in [9.17, 15) is 9.59 Å². The lowest BCUT2D eigenvalue weighted by atomic mass is 9.72. The Morgan fingerprint density at radius 1 is 1.26 bits per heavy atom. The van der Waals surface area contributed by atoms with E-state index in [4.69, 9.17) is 5.10 Å². The third kappa shape index (κ3) is 4.81. The summed E-state index contributed by atoms with van der Waals surface area (Å²) < 4.78 is 2.86. The molecule has 0 radical (unpaired) electrons. The molecule has 4 rings (SSSR count). The lowest BCUT2D eigenvalue weighted by Crippen LogP contribution is -2.43. The summed E-state index contributed by atoms with van der Waals surface area (Å²) in [5.41, 5.74) is 3.78.